The minimum absolute atomic E-state index is 0.110. The van der Waals surface area contributed by atoms with Crippen LogP contribution in [-0.2, 0) is 25.2 Å². The third-order valence-electron chi connectivity index (χ3n) is 4.73. The van der Waals surface area contributed by atoms with Crippen LogP contribution in [0.25, 0.3) is 0 Å². The van der Waals surface area contributed by atoms with Gasteiger partial charge in [0.2, 0.25) is 0 Å². The SMILES string of the molecule is [2H]c1cccc(CO[C@@]2([2H])[C@@H](O[Si](C)(C)C(C)(C)C)C(OC)O[C@]2([2H])C([2H])O)c1. The normalized spacial score (nSPS) is 37.1. The van der Waals surface area contributed by atoms with Gasteiger partial charge in [-0.2, -0.15) is 0 Å². The van der Waals surface area contributed by atoms with Crippen molar-refractivity contribution in [1.82, 2.24) is 0 Å². The van der Waals surface area contributed by atoms with E-state index in [0.717, 1.165) is 0 Å². The predicted octanol–water partition coefficient (Wildman–Crippen LogP) is 3.33. The first-order chi connectivity index (χ1) is 13.2. The molecule has 25 heavy (non-hydrogen) atoms. The van der Waals surface area contributed by atoms with Crippen molar-refractivity contribution in [3.8, 4) is 0 Å². The summed E-state index contributed by atoms with van der Waals surface area (Å²) in [6, 6.07) is 6.91. The number of aliphatic hydroxyl groups is 1. The Hall–Kier alpha value is -0.763. The van der Waals surface area contributed by atoms with Crippen LogP contribution in [0.4, 0.5) is 0 Å². The summed E-state index contributed by atoms with van der Waals surface area (Å²) in [4.78, 5) is 0. The molecule has 1 aromatic rings. The Morgan fingerprint density at radius 2 is 2.08 bits per heavy atom. The van der Waals surface area contributed by atoms with Crippen LogP contribution < -0.4 is 0 Å². The molecule has 5 atom stereocenters. The van der Waals surface area contributed by atoms with Crippen molar-refractivity contribution in [2.75, 3.05) is 13.7 Å². The van der Waals surface area contributed by atoms with Crippen molar-refractivity contribution in [2.45, 2.75) is 70.1 Å². The Labute approximate surface area is 158 Å². The van der Waals surface area contributed by atoms with Gasteiger partial charge in [-0.25, -0.2) is 0 Å². The molecule has 2 rings (SSSR count). The minimum Gasteiger partial charge on any atom is -0.406 e. The second kappa shape index (κ2) is 8.29. The van der Waals surface area contributed by atoms with Crippen molar-refractivity contribution in [2.24, 2.45) is 0 Å². The zero-order valence-electron chi connectivity index (χ0n) is 19.8. The van der Waals surface area contributed by atoms with Crippen LogP contribution in [0.5, 0.6) is 0 Å². The number of ether oxygens (including phenoxy) is 3. The Kier molecular flexibility index (Phi) is 5.07. The standard InChI is InChI=1S/C19H32O5Si/c1-19(2,3)25(5,6)24-17-16(15(12-20)23-18(17)21-4)22-13-14-10-8-7-9-11-14/h7-11,15-18,20H,12-13H2,1-6H3/t15-,16-,17-,18?/m1/s1/i8D,12D,15D,16D/t12?,15-,16-,17-,18?. The van der Waals surface area contributed by atoms with Gasteiger partial charge in [0, 0.05) is 7.11 Å². The molecule has 0 saturated carbocycles. The first-order valence-electron chi connectivity index (χ1n) is 10.4. The molecule has 1 aromatic carbocycles. The molecular formula is C19H32O5Si. The van der Waals surface area contributed by atoms with Crippen molar-refractivity contribution >= 4 is 8.32 Å². The van der Waals surface area contributed by atoms with Crippen molar-refractivity contribution in [3.63, 3.8) is 0 Å². The highest BCUT2D eigenvalue weighted by Crippen LogP contribution is 2.40. The third-order valence-corrected chi connectivity index (χ3v) is 9.19. The molecule has 1 N–H and O–H groups in total. The van der Waals surface area contributed by atoms with Gasteiger partial charge in [0.25, 0.3) is 0 Å². The summed E-state index contributed by atoms with van der Waals surface area (Å²) in [7, 11) is -1.09. The van der Waals surface area contributed by atoms with Crippen molar-refractivity contribution < 1.29 is 29.2 Å². The minimum atomic E-state index is -2.45. The van der Waals surface area contributed by atoms with Crippen LogP contribution in [0.3, 0.4) is 0 Å². The molecule has 1 heterocycles. The number of rotatable bonds is 7. The van der Waals surface area contributed by atoms with Crippen molar-refractivity contribution in [3.05, 3.63) is 35.9 Å². The van der Waals surface area contributed by atoms with E-state index in [2.05, 4.69) is 0 Å². The first kappa shape index (κ1) is 15.3. The number of methoxy groups -OCH3 is 1. The Morgan fingerprint density at radius 3 is 2.64 bits per heavy atom. The average molecular weight is 373 g/mol. The van der Waals surface area contributed by atoms with E-state index in [4.69, 9.17) is 24.1 Å². The molecule has 5 nitrogen and oxygen atoms in total. The van der Waals surface area contributed by atoms with E-state index in [0.29, 0.717) is 5.56 Å². The molecule has 142 valence electrons. The van der Waals surface area contributed by atoms with Gasteiger partial charge in [-0.05, 0) is 23.7 Å². The van der Waals surface area contributed by atoms with Crippen LogP contribution in [0.1, 0.15) is 31.8 Å². The summed E-state index contributed by atoms with van der Waals surface area (Å²) in [6.07, 6.45) is -6.98. The fourth-order valence-electron chi connectivity index (χ4n) is 2.21. The highest BCUT2D eigenvalue weighted by atomic mass is 28.4. The smallest absolute Gasteiger partial charge is 0.192 e. The molecule has 1 fully saturated rings. The monoisotopic (exact) mass is 372 g/mol. The molecule has 0 amide bonds. The van der Waals surface area contributed by atoms with Gasteiger partial charge in [0.1, 0.15) is 18.3 Å². The summed E-state index contributed by atoms with van der Waals surface area (Å²) in [6.45, 7) is 7.91. The number of benzene rings is 1. The average Bonchev–Trinajstić information content (AvgIpc) is 2.81. The molecule has 1 aliphatic heterocycles. The van der Waals surface area contributed by atoms with Gasteiger partial charge >= 0.3 is 0 Å². The summed E-state index contributed by atoms with van der Waals surface area (Å²) >= 11 is 0. The van der Waals surface area contributed by atoms with E-state index < -0.39 is 39.5 Å². The quantitative estimate of drug-likeness (QED) is 0.744. The zero-order chi connectivity index (χ0) is 22.3. The molecule has 1 saturated heterocycles. The molecule has 2 unspecified atom stereocenters. The topological polar surface area (TPSA) is 57.2 Å². The third kappa shape index (κ3) is 4.90. The lowest BCUT2D eigenvalue weighted by atomic mass is 10.1. The van der Waals surface area contributed by atoms with Crippen LogP contribution in [0.15, 0.2) is 30.3 Å². The number of hydrogen-bond acceptors (Lipinski definition) is 5. The van der Waals surface area contributed by atoms with Gasteiger partial charge in [-0.15, -0.1) is 0 Å². The Morgan fingerprint density at radius 1 is 1.36 bits per heavy atom. The summed E-state index contributed by atoms with van der Waals surface area (Å²) in [5, 5.41) is 9.81. The van der Waals surface area contributed by atoms with E-state index in [-0.39, 0.29) is 17.7 Å². The van der Waals surface area contributed by atoms with E-state index in [1.165, 1.54) is 7.11 Å². The highest BCUT2D eigenvalue weighted by molar-refractivity contribution is 6.74. The predicted molar refractivity (Wildman–Crippen MR) is 99.8 cm³/mol. The molecule has 0 spiro atoms. The van der Waals surface area contributed by atoms with E-state index >= 15 is 0 Å². The lowest BCUT2D eigenvalue weighted by Gasteiger charge is -2.40. The summed E-state index contributed by atoms with van der Waals surface area (Å²) in [5.74, 6) is 0. The Bertz CT molecular complexity index is 714. The van der Waals surface area contributed by atoms with E-state index in [9.17, 15) is 5.11 Å². The molecule has 0 aliphatic carbocycles. The Balaban J connectivity index is 2.43. The van der Waals surface area contributed by atoms with Crippen LogP contribution in [0, 0.1) is 0 Å². The molecular weight excluding hydrogens is 336 g/mol. The van der Waals surface area contributed by atoms with Crippen LogP contribution >= 0.6 is 0 Å². The molecule has 0 bridgehead atoms. The number of hydrogen-bond donors (Lipinski definition) is 1. The fraction of sp³-hybridized carbons (Fsp3) is 0.684. The maximum atomic E-state index is 10.0. The van der Waals surface area contributed by atoms with E-state index in [1.54, 1.807) is 24.3 Å². The van der Waals surface area contributed by atoms with E-state index in [1.807, 2.05) is 33.9 Å². The molecule has 6 heteroatoms. The van der Waals surface area contributed by atoms with Crippen molar-refractivity contribution in [1.29, 1.82) is 0 Å². The van der Waals surface area contributed by atoms with Gasteiger partial charge in [-0.1, -0.05) is 51.1 Å². The maximum absolute atomic E-state index is 10.0. The molecule has 0 radical (unpaired) electrons. The van der Waals surface area contributed by atoms with Gasteiger partial charge in [-0.3, -0.25) is 0 Å². The second-order valence-electron chi connectivity index (χ2n) is 7.58. The van der Waals surface area contributed by atoms with Gasteiger partial charge < -0.3 is 23.7 Å². The first-order valence-corrected chi connectivity index (χ1v) is 11.3. The highest BCUT2D eigenvalue weighted by Gasteiger charge is 2.50. The maximum Gasteiger partial charge on any atom is 0.192 e. The molecule has 0 aromatic heterocycles. The van der Waals surface area contributed by atoms with Crippen LogP contribution in [0.2, 0.25) is 18.1 Å². The lowest BCUT2D eigenvalue weighted by molar-refractivity contribution is -0.150. The lowest BCUT2D eigenvalue weighted by Crippen LogP contribution is -2.50. The fourth-order valence-corrected chi connectivity index (χ4v) is 3.42. The number of aliphatic hydroxyl groups excluding tert-OH is 1. The zero-order valence-corrected chi connectivity index (χ0v) is 16.8. The molecule has 1 aliphatic rings. The van der Waals surface area contributed by atoms with Gasteiger partial charge in [0.05, 0.1) is 18.7 Å². The second-order valence-corrected chi connectivity index (χ2v) is 12.3. The van der Waals surface area contributed by atoms with Crippen LogP contribution in [-0.4, -0.2) is 51.7 Å². The largest absolute Gasteiger partial charge is 0.406 e. The summed E-state index contributed by atoms with van der Waals surface area (Å²) < 4.78 is 56.1. The summed E-state index contributed by atoms with van der Waals surface area (Å²) in [5.41, 5.74) is 0.623. The van der Waals surface area contributed by atoms with Gasteiger partial charge in [0.15, 0.2) is 14.6 Å².